The number of hydrogen-bond acceptors (Lipinski definition) is 9. The largest absolute Gasteiger partial charge is 0.490 e. The van der Waals surface area contributed by atoms with E-state index in [-0.39, 0.29) is 31.6 Å². The van der Waals surface area contributed by atoms with E-state index in [1.54, 1.807) is 19.1 Å². The molecule has 3 N–H and O–H groups in total. The molecule has 0 amide bonds. The third-order valence-electron chi connectivity index (χ3n) is 7.13. The minimum absolute atomic E-state index is 0.0172. The second kappa shape index (κ2) is 12.8. The van der Waals surface area contributed by atoms with Crippen molar-refractivity contribution in [3.8, 4) is 24.0 Å². The molecule has 2 fully saturated rings. The highest BCUT2D eigenvalue weighted by atomic mass is 19.1. The van der Waals surface area contributed by atoms with Crippen LogP contribution in [0.25, 0.3) is 0 Å². The van der Waals surface area contributed by atoms with E-state index in [9.17, 15) is 20.1 Å². The average molecular weight is 547 g/mol. The van der Waals surface area contributed by atoms with Crippen LogP contribution < -0.4 is 9.47 Å². The summed E-state index contributed by atoms with van der Waals surface area (Å²) in [5.74, 6) is 1.94. The van der Waals surface area contributed by atoms with Crippen LogP contribution in [0.5, 0.6) is 11.6 Å². The van der Waals surface area contributed by atoms with Gasteiger partial charge < -0.3 is 34.3 Å². The first kappa shape index (κ1) is 28.8. The Bertz CT molecular complexity index is 1190. The molecule has 1 aliphatic carbocycles. The van der Waals surface area contributed by atoms with Crippen molar-refractivity contribution in [3.05, 3.63) is 40.8 Å². The number of benzene rings is 1. The van der Waals surface area contributed by atoms with E-state index in [1.807, 2.05) is 0 Å². The number of rotatable bonds is 9. The zero-order chi connectivity index (χ0) is 28.1. The lowest BCUT2D eigenvalue weighted by Crippen LogP contribution is -2.60. The lowest BCUT2D eigenvalue weighted by atomic mass is 9.98. The number of ether oxygens (including phenoxy) is 4. The van der Waals surface area contributed by atoms with Gasteiger partial charge in [0.05, 0.1) is 6.10 Å². The van der Waals surface area contributed by atoms with Crippen molar-refractivity contribution in [2.75, 3.05) is 6.61 Å². The van der Waals surface area contributed by atoms with Gasteiger partial charge in [-0.05, 0) is 44.2 Å². The van der Waals surface area contributed by atoms with Gasteiger partial charge in [-0.2, -0.15) is 0 Å². The summed E-state index contributed by atoms with van der Waals surface area (Å²) in [6.45, 7) is 2.70. The number of terminal acetylenes is 1. The highest BCUT2D eigenvalue weighted by Gasteiger charge is 2.46. The zero-order valence-corrected chi connectivity index (χ0v) is 22.1. The molecule has 1 aromatic carbocycles. The normalized spacial score (nSPS) is 25.6. The van der Waals surface area contributed by atoms with Gasteiger partial charge in [0.25, 0.3) is 0 Å². The Hall–Kier alpha value is -3.17. The molecule has 5 atom stereocenters. The number of esters is 1. The van der Waals surface area contributed by atoms with E-state index in [0.29, 0.717) is 22.6 Å². The molecule has 1 aromatic heterocycles. The molecule has 0 spiro atoms. The molecule has 2 aliphatic rings. The molecular weight excluding hydrogens is 511 g/mol. The van der Waals surface area contributed by atoms with E-state index < -0.39 is 42.5 Å². The number of nitrogens with zero attached hydrogens (tertiary/aromatic N) is 2. The second-order valence-corrected chi connectivity index (χ2v) is 9.97. The molecule has 1 saturated carbocycles. The van der Waals surface area contributed by atoms with Crippen molar-refractivity contribution >= 4 is 5.97 Å². The smallest absolute Gasteiger partial charge is 0.302 e. The Morgan fingerprint density at radius 3 is 2.59 bits per heavy atom. The monoisotopic (exact) mass is 546 g/mol. The topological polar surface area (TPSA) is 132 Å². The van der Waals surface area contributed by atoms with Crippen LogP contribution in [0.1, 0.15) is 55.8 Å². The van der Waals surface area contributed by atoms with Crippen LogP contribution in [0.15, 0.2) is 18.2 Å². The van der Waals surface area contributed by atoms with Crippen molar-refractivity contribution in [1.29, 1.82) is 0 Å². The summed E-state index contributed by atoms with van der Waals surface area (Å²) in [4.78, 5) is 11.2. The fourth-order valence-electron chi connectivity index (χ4n) is 4.87. The van der Waals surface area contributed by atoms with Gasteiger partial charge >= 0.3 is 5.97 Å². The lowest BCUT2D eigenvalue weighted by Gasteiger charge is -2.39. The van der Waals surface area contributed by atoms with Gasteiger partial charge in [0.1, 0.15) is 49.1 Å². The number of carbonyl (C=O) groups excluding carboxylic acids is 1. The molecule has 1 saturated heterocycles. The minimum atomic E-state index is -1.65. The summed E-state index contributed by atoms with van der Waals surface area (Å²) in [5, 5.41) is 35.5. The Morgan fingerprint density at radius 2 is 1.92 bits per heavy atom. The Balaban J connectivity index is 1.55. The summed E-state index contributed by atoms with van der Waals surface area (Å²) in [7, 11) is 0. The maximum Gasteiger partial charge on any atom is 0.302 e. The second-order valence-electron chi connectivity index (χ2n) is 9.97. The van der Waals surface area contributed by atoms with Crippen molar-refractivity contribution in [2.24, 2.45) is 0 Å². The minimum Gasteiger partial charge on any atom is -0.490 e. The molecule has 11 heteroatoms. The van der Waals surface area contributed by atoms with Gasteiger partial charge in [-0.25, -0.2) is 4.39 Å². The summed E-state index contributed by atoms with van der Waals surface area (Å²) in [6.07, 6.45) is 3.54. The SMILES string of the molecule is C#CCn1nc(O[C@@H]2O[C@H](COC(C)=O)[C@@H](O)[C@H](O)[C@H]2O)c(Cc2ccc(OC3CCCCC3)cc2F)c1C. The molecule has 2 heterocycles. The molecule has 0 bridgehead atoms. The van der Waals surface area contributed by atoms with Gasteiger partial charge in [0, 0.05) is 30.7 Å². The molecule has 39 heavy (non-hydrogen) atoms. The Morgan fingerprint density at radius 1 is 1.18 bits per heavy atom. The number of aromatic nitrogens is 2. The average Bonchev–Trinajstić information content (AvgIpc) is 3.19. The van der Waals surface area contributed by atoms with Crippen molar-refractivity contribution < 1.29 is 43.5 Å². The van der Waals surface area contributed by atoms with Crippen LogP contribution in [0.3, 0.4) is 0 Å². The van der Waals surface area contributed by atoms with Crippen molar-refractivity contribution in [2.45, 2.75) is 95.7 Å². The number of hydrogen-bond donors (Lipinski definition) is 3. The summed E-state index contributed by atoms with van der Waals surface area (Å²) in [5.41, 5.74) is 1.48. The standard InChI is InChI=1S/C28H35FN2O8/c1-4-12-31-16(2)21(13-18-10-11-20(14-22(18)29)37-19-8-6-5-7-9-19)27(30-31)39-28-26(35)25(34)24(33)23(38-28)15-36-17(3)32/h1,10-11,14,19,23-26,28,33-35H,5-9,12-13,15H2,2-3H3/t23-,24-,25+,26-,28+/m1/s1. The predicted octanol–water partition coefficient (Wildman–Crippen LogP) is 2.02. The highest BCUT2D eigenvalue weighted by molar-refractivity contribution is 5.65. The van der Waals surface area contributed by atoms with Crippen LogP contribution in [-0.4, -0.2) is 74.5 Å². The molecular formula is C28H35FN2O8. The molecule has 212 valence electrons. The summed E-state index contributed by atoms with van der Waals surface area (Å²) >= 11 is 0. The van der Waals surface area contributed by atoms with Crippen LogP contribution in [0.4, 0.5) is 4.39 Å². The number of aliphatic hydroxyl groups is 3. The molecule has 4 rings (SSSR count). The van der Waals surface area contributed by atoms with E-state index >= 15 is 4.39 Å². The fourth-order valence-corrected chi connectivity index (χ4v) is 4.87. The fraction of sp³-hybridized carbons (Fsp3) is 0.571. The molecule has 2 aromatic rings. The van der Waals surface area contributed by atoms with Crippen LogP contribution in [0.2, 0.25) is 0 Å². The van der Waals surface area contributed by atoms with Gasteiger partial charge in [-0.1, -0.05) is 18.4 Å². The third-order valence-corrected chi connectivity index (χ3v) is 7.13. The first-order valence-corrected chi connectivity index (χ1v) is 13.1. The molecule has 10 nitrogen and oxygen atoms in total. The van der Waals surface area contributed by atoms with Crippen molar-refractivity contribution in [1.82, 2.24) is 9.78 Å². The van der Waals surface area contributed by atoms with Crippen LogP contribution in [-0.2, 0) is 27.2 Å². The first-order chi connectivity index (χ1) is 18.7. The first-order valence-electron chi connectivity index (χ1n) is 13.1. The molecule has 0 radical (unpaired) electrons. The Labute approximate surface area is 226 Å². The maximum atomic E-state index is 15.2. The van der Waals surface area contributed by atoms with E-state index in [2.05, 4.69) is 11.0 Å². The number of carbonyl (C=O) groups is 1. The van der Waals surface area contributed by atoms with Gasteiger partial charge in [0.2, 0.25) is 12.2 Å². The Kier molecular flexibility index (Phi) is 9.45. The number of aliphatic hydroxyl groups excluding tert-OH is 3. The quantitative estimate of drug-likeness (QED) is 0.319. The van der Waals surface area contributed by atoms with Gasteiger partial charge in [-0.15, -0.1) is 11.5 Å². The highest BCUT2D eigenvalue weighted by Crippen LogP contribution is 2.31. The van der Waals surface area contributed by atoms with Gasteiger partial charge in [0.15, 0.2) is 0 Å². The molecule has 1 aliphatic heterocycles. The van der Waals surface area contributed by atoms with E-state index in [0.717, 1.165) is 25.7 Å². The number of halogens is 1. The van der Waals surface area contributed by atoms with Crippen LogP contribution >= 0.6 is 0 Å². The maximum absolute atomic E-state index is 15.2. The summed E-state index contributed by atoms with van der Waals surface area (Å²) < 4.78 is 39.0. The molecule has 0 unspecified atom stereocenters. The van der Waals surface area contributed by atoms with E-state index in [4.69, 9.17) is 25.4 Å². The zero-order valence-electron chi connectivity index (χ0n) is 22.1. The van der Waals surface area contributed by atoms with Gasteiger partial charge in [-0.3, -0.25) is 9.48 Å². The predicted molar refractivity (Wildman–Crippen MR) is 136 cm³/mol. The third kappa shape index (κ3) is 6.89. The van der Waals surface area contributed by atoms with E-state index in [1.165, 1.54) is 24.1 Å². The summed E-state index contributed by atoms with van der Waals surface area (Å²) in [6, 6.07) is 4.76. The lowest BCUT2D eigenvalue weighted by molar-refractivity contribution is -0.279. The van der Waals surface area contributed by atoms with Crippen LogP contribution in [0, 0.1) is 25.1 Å². The van der Waals surface area contributed by atoms with Crippen molar-refractivity contribution in [3.63, 3.8) is 0 Å².